The summed E-state index contributed by atoms with van der Waals surface area (Å²) >= 11 is 0. The van der Waals surface area contributed by atoms with Crippen molar-refractivity contribution in [2.75, 3.05) is 6.79 Å². The van der Waals surface area contributed by atoms with Gasteiger partial charge >= 0.3 is 11.9 Å². The molecule has 24 heavy (non-hydrogen) atoms. The number of rotatable bonds is 5. The summed E-state index contributed by atoms with van der Waals surface area (Å²) in [5.74, 6) is -0.945. The van der Waals surface area contributed by atoms with E-state index in [1.54, 1.807) is 18.6 Å². The minimum Gasteiger partial charge on any atom is -0.428 e. The van der Waals surface area contributed by atoms with Gasteiger partial charge in [0.05, 0.1) is 6.42 Å². The van der Waals surface area contributed by atoms with Crippen molar-refractivity contribution in [1.82, 2.24) is 9.97 Å². The molecular formula is C18H16N2O4. The second-order valence-corrected chi connectivity index (χ2v) is 5.26. The SMILES string of the molecule is CC(=O)OCOC(=O)Cc1c[nH]c2ccc(-c3cccnc3)cc12. The summed E-state index contributed by atoms with van der Waals surface area (Å²) in [4.78, 5) is 29.8. The molecular weight excluding hydrogens is 308 g/mol. The molecule has 0 fully saturated rings. The molecule has 0 saturated heterocycles. The van der Waals surface area contributed by atoms with Crippen LogP contribution in [0.15, 0.2) is 48.9 Å². The standard InChI is InChI=1S/C18H16N2O4/c1-12(21)23-11-24-18(22)8-15-10-20-17-5-4-13(7-16(15)17)14-3-2-6-19-9-14/h2-7,9-10,20H,8,11H2,1H3. The van der Waals surface area contributed by atoms with Crippen molar-refractivity contribution in [1.29, 1.82) is 0 Å². The van der Waals surface area contributed by atoms with E-state index >= 15 is 0 Å². The van der Waals surface area contributed by atoms with Crippen LogP contribution in [-0.4, -0.2) is 28.7 Å². The number of ether oxygens (including phenoxy) is 2. The van der Waals surface area contributed by atoms with Crippen LogP contribution >= 0.6 is 0 Å². The van der Waals surface area contributed by atoms with E-state index in [1.807, 2.05) is 30.3 Å². The number of fused-ring (bicyclic) bond motifs is 1. The lowest BCUT2D eigenvalue weighted by Crippen LogP contribution is -2.12. The fourth-order valence-electron chi connectivity index (χ4n) is 2.42. The molecule has 122 valence electrons. The number of carbonyl (C=O) groups excluding carboxylic acids is 2. The summed E-state index contributed by atoms with van der Waals surface area (Å²) in [6.07, 6.45) is 5.40. The van der Waals surface area contributed by atoms with Crippen molar-refractivity contribution in [2.24, 2.45) is 0 Å². The zero-order valence-electron chi connectivity index (χ0n) is 13.1. The van der Waals surface area contributed by atoms with E-state index in [0.717, 1.165) is 27.6 Å². The highest BCUT2D eigenvalue weighted by molar-refractivity contribution is 5.90. The maximum atomic E-state index is 11.9. The Balaban J connectivity index is 1.79. The van der Waals surface area contributed by atoms with E-state index in [2.05, 4.69) is 14.7 Å². The third-order valence-corrected chi connectivity index (χ3v) is 3.58. The second-order valence-electron chi connectivity index (χ2n) is 5.26. The summed E-state index contributed by atoms with van der Waals surface area (Å²) in [5.41, 5.74) is 3.78. The van der Waals surface area contributed by atoms with Gasteiger partial charge in [-0.15, -0.1) is 0 Å². The van der Waals surface area contributed by atoms with Crippen molar-refractivity contribution < 1.29 is 19.1 Å². The first-order valence-electron chi connectivity index (χ1n) is 7.43. The molecule has 0 aliphatic heterocycles. The number of aromatic nitrogens is 2. The first kappa shape index (κ1) is 15.7. The van der Waals surface area contributed by atoms with E-state index in [-0.39, 0.29) is 13.2 Å². The van der Waals surface area contributed by atoms with Crippen LogP contribution in [-0.2, 0) is 25.5 Å². The minimum absolute atomic E-state index is 0.0950. The van der Waals surface area contributed by atoms with Gasteiger partial charge in [-0.25, -0.2) is 0 Å². The second kappa shape index (κ2) is 6.95. The summed E-state index contributed by atoms with van der Waals surface area (Å²) in [5, 5.41) is 0.945. The Morgan fingerprint density at radius 3 is 2.79 bits per heavy atom. The molecule has 2 heterocycles. The van der Waals surface area contributed by atoms with Gasteiger partial charge in [0.1, 0.15) is 0 Å². The van der Waals surface area contributed by atoms with Gasteiger partial charge in [0.15, 0.2) is 0 Å². The molecule has 0 unspecified atom stereocenters. The molecule has 0 aliphatic rings. The maximum absolute atomic E-state index is 11.9. The number of H-pyrrole nitrogens is 1. The van der Waals surface area contributed by atoms with Crippen LogP contribution in [0.4, 0.5) is 0 Å². The quantitative estimate of drug-likeness (QED) is 0.576. The van der Waals surface area contributed by atoms with Crippen molar-refractivity contribution >= 4 is 22.8 Å². The van der Waals surface area contributed by atoms with Gasteiger partial charge < -0.3 is 14.5 Å². The van der Waals surface area contributed by atoms with Crippen LogP contribution in [0.3, 0.4) is 0 Å². The molecule has 1 N–H and O–H groups in total. The lowest BCUT2D eigenvalue weighted by Gasteiger charge is -2.05. The van der Waals surface area contributed by atoms with E-state index in [1.165, 1.54) is 6.92 Å². The van der Waals surface area contributed by atoms with Gasteiger partial charge in [-0.05, 0) is 29.3 Å². The Kier molecular flexibility index (Phi) is 4.56. The number of esters is 2. The van der Waals surface area contributed by atoms with Crippen molar-refractivity contribution in [3.8, 4) is 11.1 Å². The predicted molar refractivity (Wildman–Crippen MR) is 88.0 cm³/mol. The Bertz CT molecular complexity index is 871. The van der Waals surface area contributed by atoms with Crippen molar-refractivity contribution in [2.45, 2.75) is 13.3 Å². The molecule has 0 atom stereocenters. The molecule has 2 aromatic heterocycles. The number of aromatic amines is 1. The summed E-state index contributed by atoms with van der Waals surface area (Å²) < 4.78 is 9.48. The number of nitrogens with zero attached hydrogens (tertiary/aromatic N) is 1. The highest BCUT2D eigenvalue weighted by Gasteiger charge is 2.11. The molecule has 0 aliphatic carbocycles. The van der Waals surface area contributed by atoms with Crippen molar-refractivity contribution in [3.05, 3.63) is 54.5 Å². The topological polar surface area (TPSA) is 81.3 Å². The number of hydrogen-bond donors (Lipinski definition) is 1. The molecule has 0 bridgehead atoms. The van der Waals surface area contributed by atoms with Crippen LogP contribution in [0.25, 0.3) is 22.0 Å². The monoisotopic (exact) mass is 324 g/mol. The number of pyridine rings is 1. The Labute approximate surface area is 138 Å². The van der Waals surface area contributed by atoms with Crippen LogP contribution in [0.1, 0.15) is 12.5 Å². The fourth-order valence-corrected chi connectivity index (χ4v) is 2.42. The van der Waals surface area contributed by atoms with E-state index in [4.69, 9.17) is 4.74 Å². The molecule has 0 saturated carbocycles. The summed E-state index contributed by atoms with van der Waals surface area (Å²) in [6, 6.07) is 9.83. The Hall–Kier alpha value is -3.15. The minimum atomic E-state index is -0.490. The maximum Gasteiger partial charge on any atom is 0.313 e. The first-order valence-corrected chi connectivity index (χ1v) is 7.43. The molecule has 6 nitrogen and oxygen atoms in total. The number of nitrogens with one attached hydrogen (secondary N) is 1. The zero-order chi connectivity index (χ0) is 16.9. The highest BCUT2D eigenvalue weighted by Crippen LogP contribution is 2.26. The van der Waals surface area contributed by atoms with E-state index in [9.17, 15) is 9.59 Å². The Morgan fingerprint density at radius 1 is 1.17 bits per heavy atom. The van der Waals surface area contributed by atoms with Crippen LogP contribution < -0.4 is 0 Å². The average molecular weight is 324 g/mol. The zero-order valence-corrected chi connectivity index (χ0v) is 13.1. The summed E-state index contributed by atoms with van der Waals surface area (Å²) in [7, 11) is 0. The van der Waals surface area contributed by atoms with E-state index in [0.29, 0.717) is 0 Å². The van der Waals surface area contributed by atoms with Gasteiger partial charge in [-0.1, -0.05) is 12.1 Å². The van der Waals surface area contributed by atoms with Gasteiger partial charge in [-0.3, -0.25) is 14.6 Å². The number of benzene rings is 1. The third-order valence-electron chi connectivity index (χ3n) is 3.58. The fraction of sp³-hybridized carbons (Fsp3) is 0.167. The number of hydrogen-bond acceptors (Lipinski definition) is 5. The van der Waals surface area contributed by atoms with Gasteiger partial charge in [0.25, 0.3) is 0 Å². The van der Waals surface area contributed by atoms with Crippen LogP contribution in [0.5, 0.6) is 0 Å². The van der Waals surface area contributed by atoms with Crippen LogP contribution in [0, 0.1) is 0 Å². The third kappa shape index (κ3) is 3.60. The lowest BCUT2D eigenvalue weighted by molar-refractivity contribution is -0.165. The van der Waals surface area contributed by atoms with Gasteiger partial charge in [-0.2, -0.15) is 0 Å². The first-order chi connectivity index (χ1) is 11.6. The largest absolute Gasteiger partial charge is 0.428 e. The predicted octanol–water partition coefficient (Wildman–Crippen LogP) is 2.84. The molecule has 6 heteroatoms. The normalized spacial score (nSPS) is 10.5. The highest BCUT2D eigenvalue weighted by atomic mass is 16.7. The van der Waals surface area contributed by atoms with Gasteiger partial charge in [0.2, 0.25) is 6.79 Å². The molecule has 0 radical (unpaired) electrons. The summed E-state index contributed by atoms with van der Waals surface area (Å²) in [6.45, 7) is 0.894. The molecule has 3 aromatic rings. The molecule has 0 spiro atoms. The number of carbonyl (C=O) groups is 2. The van der Waals surface area contributed by atoms with E-state index < -0.39 is 11.9 Å². The van der Waals surface area contributed by atoms with Crippen LogP contribution in [0.2, 0.25) is 0 Å². The lowest BCUT2D eigenvalue weighted by atomic mass is 10.0. The molecule has 0 amide bonds. The van der Waals surface area contributed by atoms with Crippen molar-refractivity contribution in [3.63, 3.8) is 0 Å². The Morgan fingerprint density at radius 2 is 2.04 bits per heavy atom. The smallest absolute Gasteiger partial charge is 0.313 e. The molecule has 1 aromatic carbocycles. The average Bonchev–Trinajstić information content (AvgIpc) is 2.97. The molecule has 3 rings (SSSR count). The van der Waals surface area contributed by atoms with Gasteiger partial charge in [0, 0.05) is 42.0 Å².